The first-order chi connectivity index (χ1) is 15.1. The SMILES string of the molecule is CC[C@H]1CCCCN1c1cc(SCC(=O)NCCc2ccc(OC)c(OC)c2)ncn1. The molecule has 1 aliphatic heterocycles. The highest BCUT2D eigenvalue weighted by atomic mass is 32.2. The molecular weight excluding hydrogens is 412 g/mol. The normalized spacial score (nSPS) is 16.1. The Morgan fingerprint density at radius 2 is 2.03 bits per heavy atom. The first-order valence-electron chi connectivity index (χ1n) is 10.8. The minimum absolute atomic E-state index is 0.00459. The van der Waals surface area contributed by atoms with Crippen LogP contribution in [0.3, 0.4) is 0 Å². The Bertz CT molecular complexity index is 864. The van der Waals surface area contributed by atoms with Gasteiger partial charge in [-0.2, -0.15) is 0 Å². The van der Waals surface area contributed by atoms with Crippen LogP contribution < -0.4 is 19.7 Å². The molecule has 1 atom stereocenters. The quantitative estimate of drug-likeness (QED) is 0.442. The standard InChI is InChI=1S/C23H32N4O3S/c1-4-18-7-5-6-12-27(18)21-14-23(26-16-25-21)31-15-22(28)24-11-10-17-8-9-19(29-2)20(13-17)30-3/h8-9,13-14,16,18H,4-7,10-12,15H2,1-3H3,(H,24,28)/t18-/m0/s1. The molecule has 1 aromatic carbocycles. The third kappa shape index (κ3) is 6.50. The zero-order valence-electron chi connectivity index (χ0n) is 18.6. The van der Waals surface area contributed by atoms with E-state index in [0.29, 0.717) is 29.8 Å². The van der Waals surface area contributed by atoms with Crippen LogP contribution in [0.4, 0.5) is 5.82 Å². The number of anilines is 1. The average molecular weight is 445 g/mol. The lowest BCUT2D eigenvalue weighted by Crippen LogP contribution is -2.39. The maximum Gasteiger partial charge on any atom is 0.230 e. The summed E-state index contributed by atoms with van der Waals surface area (Å²) >= 11 is 1.45. The Balaban J connectivity index is 1.46. The van der Waals surface area contributed by atoms with Gasteiger partial charge in [-0.15, -0.1) is 0 Å². The van der Waals surface area contributed by atoms with Crippen molar-refractivity contribution in [3.8, 4) is 11.5 Å². The Morgan fingerprint density at radius 3 is 2.81 bits per heavy atom. The molecule has 0 aliphatic carbocycles. The number of hydrogen-bond donors (Lipinski definition) is 1. The Hall–Kier alpha value is -2.48. The third-order valence-corrected chi connectivity index (χ3v) is 6.48. The molecule has 0 saturated carbocycles. The molecule has 0 bridgehead atoms. The van der Waals surface area contributed by atoms with E-state index in [9.17, 15) is 4.79 Å². The van der Waals surface area contributed by atoms with E-state index in [-0.39, 0.29) is 5.91 Å². The van der Waals surface area contributed by atoms with E-state index in [1.807, 2.05) is 24.3 Å². The molecule has 31 heavy (non-hydrogen) atoms. The molecule has 0 unspecified atom stereocenters. The summed E-state index contributed by atoms with van der Waals surface area (Å²) in [4.78, 5) is 23.5. The van der Waals surface area contributed by atoms with Gasteiger partial charge in [0.05, 0.1) is 20.0 Å². The largest absolute Gasteiger partial charge is 0.493 e. The summed E-state index contributed by atoms with van der Waals surface area (Å²) in [6.45, 7) is 3.83. The minimum atomic E-state index is -0.00459. The molecule has 2 aromatic rings. The number of rotatable bonds is 10. The first kappa shape index (κ1) is 23.2. The van der Waals surface area contributed by atoms with Gasteiger partial charge in [0.2, 0.25) is 5.91 Å². The number of carbonyl (C=O) groups is 1. The van der Waals surface area contributed by atoms with Crippen LogP contribution in [0.1, 0.15) is 38.2 Å². The summed E-state index contributed by atoms with van der Waals surface area (Å²) in [7, 11) is 3.23. The van der Waals surface area contributed by atoms with Crippen molar-refractivity contribution in [3.05, 3.63) is 36.2 Å². The molecule has 3 rings (SSSR count). The lowest BCUT2D eigenvalue weighted by molar-refractivity contribution is -0.118. The summed E-state index contributed by atoms with van der Waals surface area (Å²) < 4.78 is 10.6. The van der Waals surface area contributed by atoms with Crippen LogP contribution in [0.5, 0.6) is 11.5 Å². The molecule has 1 amide bonds. The number of nitrogens with zero attached hydrogens (tertiary/aromatic N) is 3. The van der Waals surface area contributed by atoms with Gasteiger partial charge in [0.25, 0.3) is 0 Å². The van der Waals surface area contributed by atoms with Crippen molar-refractivity contribution in [3.63, 3.8) is 0 Å². The van der Waals surface area contributed by atoms with Crippen LogP contribution in [-0.2, 0) is 11.2 Å². The van der Waals surface area contributed by atoms with Gasteiger partial charge in [-0.1, -0.05) is 24.8 Å². The molecule has 1 saturated heterocycles. The lowest BCUT2D eigenvalue weighted by Gasteiger charge is -2.36. The molecule has 1 aliphatic rings. The van der Waals surface area contributed by atoms with Gasteiger partial charge >= 0.3 is 0 Å². The van der Waals surface area contributed by atoms with Crippen molar-refractivity contribution in [1.29, 1.82) is 0 Å². The van der Waals surface area contributed by atoms with Crippen molar-refractivity contribution in [2.45, 2.75) is 50.1 Å². The van der Waals surface area contributed by atoms with Crippen molar-refractivity contribution in [2.24, 2.45) is 0 Å². The first-order valence-corrected chi connectivity index (χ1v) is 11.8. The van der Waals surface area contributed by atoms with Crippen molar-refractivity contribution >= 4 is 23.5 Å². The number of benzene rings is 1. The Morgan fingerprint density at radius 1 is 1.19 bits per heavy atom. The number of ether oxygens (including phenoxy) is 2. The molecular formula is C23H32N4O3S. The molecule has 0 spiro atoms. The maximum atomic E-state index is 12.3. The number of aromatic nitrogens is 2. The second-order valence-corrected chi connectivity index (χ2v) is 8.54. The molecule has 1 fully saturated rings. The van der Waals surface area contributed by atoms with Gasteiger partial charge in [-0.05, 0) is 49.8 Å². The van der Waals surface area contributed by atoms with Crippen LogP contribution in [0, 0.1) is 0 Å². The number of hydrogen-bond acceptors (Lipinski definition) is 7. The van der Waals surface area contributed by atoms with Gasteiger partial charge in [-0.25, -0.2) is 9.97 Å². The number of amides is 1. The minimum Gasteiger partial charge on any atom is -0.493 e. The van der Waals surface area contributed by atoms with Crippen molar-refractivity contribution < 1.29 is 14.3 Å². The maximum absolute atomic E-state index is 12.3. The van der Waals surface area contributed by atoms with Gasteiger partial charge < -0.3 is 19.7 Å². The fourth-order valence-corrected chi connectivity index (χ4v) is 4.56. The van der Waals surface area contributed by atoms with Crippen LogP contribution >= 0.6 is 11.8 Å². The summed E-state index contributed by atoms with van der Waals surface area (Å²) in [5, 5.41) is 3.81. The number of carbonyl (C=O) groups excluding carboxylic acids is 1. The second-order valence-electron chi connectivity index (χ2n) is 7.54. The zero-order chi connectivity index (χ0) is 22.1. The highest BCUT2D eigenvalue weighted by Gasteiger charge is 2.22. The van der Waals surface area contributed by atoms with E-state index >= 15 is 0 Å². The molecule has 1 N–H and O–H groups in total. The fraction of sp³-hybridized carbons (Fsp3) is 0.522. The summed E-state index contributed by atoms with van der Waals surface area (Å²) in [6, 6.07) is 8.35. The van der Waals surface area contributed by atoms with E-state index in [4.69, 9.17) is 9.47 Å². The van der Waals surface area contributed by atoms with E-state index < -0.39 is 0 Å². The van der Waals surface area contributed by atoms with Gasteiger partial charge in [0, 0.05) is 25.2 Å². The third-order valence-electron chi connectivity index (χ3n) is 5.56. The Labute approximate surface area is 188 Å². The highest BCUT2D eigenvalue weighted by molar-refractivity contribution is 7.99. The second kappa shape index (κ2) is 11.8. The number of methoxy groups -OCH3 is 2. The van der Waals surface area contributed by atoms with Gasteiger partial charge in [0.15, 0.2) is 11.5 Å². The highest BCUT2D eigenvalue weighted by Crippen LogP contribution is 2.28. The number of piperidine rings is 1. The molecule has 8 heteroatoms. The van der Waals surface area contributed by atoms with E-state index in [1.54, 1.807) is 20.5 Å². The number of thioether (sulfide) groups is 1. The van der Waals surface area contributed by atoms with Gasteiger partial charge in [0.1, 0.15) is 17.2 Å². The molecule has 168 valence electrons. The van der Waals surface area contributed by atoms with E-state index in [1.165, 1.54) is 31.0 Å². The predicted octanol–water partition coefficient (Wildman–Crippen LogP) is 3.71. The van der Waals surface area contributed by atoms with Crippen molar-refractivity contribution in [2.75, 3.05) is 38.0 Å². The van der Waals surface area contributed by atoms with E-state index in [2.05, 4.69) is 27.1 Å². The lowest BCUT2D eigenvalue weighted by atomic mass is 10.0. The summed E-state index contributed by atoms with van der Waals surface area (Å²) in [6.07, 6.45) is 7.15. The topological polar surface area (TPSA) is 76.6 Å². The monoisotopic (exact) mass is 444 g/mol. The summed E-state index contributed by atoms with van der Waals surface area (Å²) in [5.41, 5.74) is 1.08. The van der Waals surface area contributed by atoms with Crippen molar-refractivity contribution in [1.82, 2.24) is 15.3 Å². The molecule has 7 nitrogen and oxygen atoms in total. The van der Waals surface area contributed by atoms with Gasteiger partial charge in [-0.3, -0.25) is 4.79 Å². The fourth-order valence-electron chi connectivity index (χ4n) is 3.87. The van der Waals surface area contributed by atoms with Crippen LogP contribution in [0.15, 0.2) is 35.6 Å². The Kier molecular flexibility index (Phi) is 8.82. The molecule has 2 heterocycles. The zero-order valence-corrected chi connectivity index (χ0v) is 19.4. The van der Waals surface area contributed by atoms with Crippen LogP contribution in [0.2, 0.25) is 0 Å². The van der Waals surface area contributed by atoms with Crippen LogP contribution in [0.25, 0.3) is 0 Å². The predicted molar refractivity (Wildman–Crippen MR) is 124 cm³/mol. The molecule has 0 radical (unpaired) electrons. The number of nitrogens with one attached hydrogen (secondary N) is 1. The van der Waals surface area contributed by atoms with E-state index in [0.717, 1.165) is 35.8 Å². The molecule has 1 aromatic heterocycles. The average Bonchev–Trinajstić information content (AvgIpc) is 2.82. The van der Waals surface area contributed by atoms with Crippen LogP contribution in [-0.4, -0.2) is 55.0 Å². The smallest absolute Gasteiger partial charge is 0.230 e. The summed E-state index contributed by atoms with van der Waals surface area (Å²) in [5.74, 6) is 2.69.